The van der Waals surface area contributed by atoms with Crippen LogP contribution in [0.2, 0.25) is 5.02 Å². The minimum absolute atomic E-state index is 0.0865. The van der Waals surface area contributed by atoms with E-state index in [1.165, 1.54) is 0 Å². The quantitative estimate of drug-likeness (QED) is 0.926. The van der Waals surface area contributed by atoms with Gasteiger partial charge >= 0.3 is 5.97 Å². The van der Waals surface area contributed by atoms with Crippen LogP contribution in [0.3, 0.4) is 0 Å². The smallest absolute Gasteiger partial charge is 0.337 e. The van der Waals surface area contributed by atoms with E-state index in [2.05, 4.69) is 11.8 Å². The molecule has 1 saturated heterocycles. The summed E-state index contributed by atoms with van der Waals surface area (Å²) in [7, 11) is 0. The summed E-state index contributed by atoms with van der Waals surface area (Å²) in [4.78, 5) is 13.5. The van der Waals surface area contributed by atoms with Crippen LogP contribution in [0.4, 0.5) is 5.69 Å². The highest BCUT2D eigenvalue weighted by atomic mass is 35.5. The number of benzene rings is 1. The first-order chi connectivity index (χ1) is 9.02. The zero-order valence-electron chi connectivity index (χ0n) is 11.1. The molecule has 1 heterocycles. The van der Waals surface area contributed by atoms with Gasteiger partial charge in [-0.2, -0.15) is 0 Å². The first-order valence-corrected chi connectivity index (χ1v) is 6.81. The SMILES string of the molecule is CCC1COC(C)CN1c1cc(Cl)ccc1C(=O)O. The third kappa shape index (κ3) is 3.01. The van der Waals surface area contributed by atoms with E-state index in [1.807, 2.05) is 6.92 Å². The van der Waals surface area contributed by atoms with Crippen molar-refractivity contribution in [2.24, 2.45) is 0 Å². The van der Waals surface area contributed by atoms with Crippen molar-refractivity contribution < 1.29 is 14.6 Å². The van der Waals surface area contributed by atoms with E-state index < -0.39 is 5.97 Å². The highest BCUT2D eigenvalue weighted by Gasteiger charge is 2.28. The lowest BCUT2D eigenvalue weighted by Gasteiger charge is -2.40. The maximum absolute atomic E-state index is 11.4. The second-order valence-electron chi connectivity index (χ2n) is 4.83. The number of hydrogen-bond donors (Lipinski definition) is 1. The standard InChI is InChI=1S/C14H18ClNO3/c1-3-11-8-19-9(2)7-16(11)13-6-10(15)4-5-12(13)14(17)18/h4-6,9,11H,3,7-8H2,1-2H3,(H,17,18). The molecular weight excluding hydrogens is 266 g/mol. The van der Waals surface area contributed by atoms with Crippen LogP contribution >= 0.6 is 11.6 Å². The molecule has 0 bridgehead atoms. The van der Waals surface area contributed by atoms with Crippen LogP contribution in [0.1, 0.15) is 30.6 Å². The zero-order chi connectivity index (χ0) is 14.0. The number of nitrogens with zero attached hydrogens (tertiary/aromatic N) is 1. The molecule has 0 aliphatic carbocycles. The van der Waals surface area contributed by atoms with Gasteiger partial charge in [-0.25, -0.2) is 4.79 Å². The Hall–Kier alpha value is -1.26. The number of rotatable bonds is 3. The second kappa shape index (κ2) is 5.80. The Morgan fingerprint density at radius 3 is 2.95 bits per heavy atom. The van der Waals surface area contributed by atoms with Crippen molar-refractivity contribution in [1.29, 1.82) is 0 Å². The minimum Gasteiger partial charge on any atom is -0.478 e. The van der Waals surface area contributed by atoms with Gasteiger partial charge in [-0.15, -0.1) is 0 Å². The van der Waals surface area contributed by atoms with Crippen molar-refractivity contribution >= 4 is 23.3 Å². The topological polar surface area (TPSA) is 49.8 Å². The Morgan fingerprint density at radius 2 is 2.32 bits per heavy atom. The molecule has 0 radical (unpaired) electrons. The van der Waals surface area contributed by atoms with Crippen LogP contribution in [0.5, 0.6) is 0 Å². The third-order valence-corrected chi connectivity index (χ3v) is 3.67. The van der Waals surface area contributed by atoms with Crippen LogP contribution in [-0.2, 0) is 4.74 Å². The van der Waals surface area contributed by atoms with E-state index in [4.69, 9.17) is 16.3 Å². The lowest BCUT2D eigenvalue weighted by Crippen LogP contribution is -2.49. The lowest BCUT2D eigenvalue weighted by atomic mass is 10.1. The summed E-state index contributed by atoms with van der Waals surface area (Å²) in [6, 6.07) is 5.09. The number of hydrogen-bond acceptors (Lipinski definition) is 3. The molecule has 2 atom stereocenters. The lowest BCUT2D eigenvalue weighted by molar-refractivity contribution is 0.0297. The van der Waals surface area contributed by atoms with Gasteiger partial charge in [0, 0.05) is 11.6 Å². The predicted octanol–water partition coefficient (Wildman–Crippen LogP) is 3.04. The number of carbonyl (C=O) groups is 1. The molecule has 1 aromatic carbocycles. The molecule has 2 rings (SSSR count). The Labute approximate surface area is 117 Å². The zero-order valence-corrected chi connectivity index (χ0v) is 11.9. The van der Waals surface area contributed by atoms with Crippen molar-refractivity contribution in [3.8, 4) is 0 Å². The van der Waals surface area contributed by atoms with Crippen molar-refractivity contribution in [3.05, 3.63) is 28.8 Å². The number of ether oxygens (including phenoxy) is 1. The molecule has 1 N–H and O–H groups in total. The molecule has 1 aliphatic heterocycles. The fourth-order valence-electron chi connectivity index (χ4n) is 2.40. The molecule has 0 amide bonds. The molecule has 2 unspecified atom stereocenters. The van der Waals surface area contributed by atoms with E-state index in [1.54, 1.807) is 18.2 Å². The summed E-state index contributed by atoms with van der Waals surface area (Å²) in [5.74, 6) is -0.930. The second-order valence-corrected chi connectivity index (χ2v) is 5.26. The molecule has 5 heteroatoms. The fraction of sp³-hybridized carbons (Fsp3) is 0.500. The maximum atomic E-state index is 11.4. The third-order valence-electron chi connectivity index (χ3n) is 3.44. The van der Waals surface area contributed by atoms with E-state index in [9.17, 15) is 9.90 Å². The summed E-state index contributed by atoms with van der Waals surface area (Å²) in [6.07, 6.45) is 0.988. The van der Waals surface area contributed by atoms with Crippen molar-refractivity contribution in [2.75, 3.05) is 18.1 Å². The molecule has 0 aromatic heterocycles. The first-order valence-electron chi connectivity index (χ1n) is 6.44. The van der Waals surface area contributed by atoms with Crippen LogP contribution < -0.4 is 4.90 Å². The fourth-order valence-corrected chi connectivity index (χ4v) is 2.57. The average Bonchev–Trinajstić information content (AvgIpc) is 2.38. The molecule has 0 saturated carbocycles. The van der Waals surface area contributed by atoms with Gasteiger partial charge < -0.3 is 14.7 Å². The van der Waals surface area contributed by atoms with E-state index >= 15 is 0 Å². The summed E-state index contributed by atoms with van der Waals surface area (Å²) in [5, 5.41) is 9.86. The number of morpholine rings is 1. The van der Waals surface area contributed by atoms with Gasteiger partial charge in [0.1, 0.15) is 0 Å². The van der Waals surface area contributed by atoms with Crippen LogP contribution in [0, 0.1) is 0 Å². The summed E-state index contributed by atoms with van der Waals surface area (Å²) in [6.45, 7) is 5.36. The normalized spacial score (nSPS) is 23.4. The Bertz CT molecular complexity index is 478. The van der Waals surface area contributed by atoms with Crippen molar-refractivity contribution in [3.63, 3.8) is 0 Å². The average molecular weight is 284 g/mol. The summed E-state index contributed by atoms with van der Waals surface area (Å²) in [5.41, 5.74) is 0.971. The largest absolute Gasteiger partial charge is 0.478 e. The van der Waals surface area contributed by atoms with Crippen molar-refractivity contribution in [2.45, 2.75) is 32.4 Å². The minimum atomic E-state index is -0.930. The summed E-state index contributed by atoms with van der Waals surface area (Å²) < 4.78 is 5.64. The Balaban J connectivity index is 2.42. The number of carboxylic acid groups (broad SMARTS) is 1. The first kappa shape index (κ1) is 14.2. The van der Waals surface area contributed by atoms with Gasteiger partial charge in [0.2, 0.25) is 0 Å². The van der Waals surface area contributed by atoms with Gasteiger partial charge in [-0.1, -0.05) is 18.5 Å². The number of halogens is 1. The number of anilines is 1. The number of aromatic carboxylic acids is 1. The molecule has 1 aromatic rings. The Morgan fingerprint density at radius 1 is 1.58 bits per heavy atom. The Kier molecular flexibility index (Phi) is 4.32. The van der Waals surface area contributed by atoms with E-state index in [0.717, 1.165) is 6.42 Å². The molecule has 1 fully saturated rings. The molecule has 1 aliphatic rings. The molecular formula is C14H18ClNO3. The highest BCUT2D eigenvalue weighted by Crippen LogP contribution is 2.29. The monoisotopic (exact) mass is 283 g/mol. The molecule has 19 heavy (non-hydrogen) atoms. The van der Waals surface area contributed by atoms with Gasteiger partial charge in [-0.3, -0.25) is 0 Å². The number of carboxylic acids is 1. The van der Waals surface area contributed by atoms with Gasteiger partial charge in [0.05, 0.1) is 30.0 Å². The highest BCUT2D eigenvalue weighted by molar-refractivity contribution is 6.31. The predicted molar refractivity (Wildman–Crippen MR) is 75.3 cm³/mol. The summed E-state index contributed by atoms with van der Waals surface area (Å²) >= 11 is 6.02. The van der Waals surface area contributed by atoms with Crippen LogP contribution in [0.15, 0.2) is 18.2 Å². The van der Waals surface area contributed by atoms with Gasteiger partial charge in [0.25, 0.3) is 0 Å². The van der Waals surface area contributed by atoms with E-state index in [0.29, 0.717) is 23.9 Å². The maximum Gasteiger partial charge on any atom is 0.337 e. The van der Waals surface area contributed by atoms with Gasteiger partial charge in [0.15, 0.2) is 0 Å². The van der Waals surface area contributed by atoms with Crippen molar-refractivity contribution in [1.82, 2.24) is 0 Å². The molecule has 4 nitrogen and oxygen atoms in total. The van der Waals surface area contributed by atoms with Crippen LogP contribution in [-0.4, -0.2) is 36.4 Å². The molecule has 104 valence electrons. The van der Waals surface area contributed by atoms with Crippen LogP contribution in [0.25, 0.3) is 0 Å². The van der Waals surface area contributed by atoms with Gasteiger partial charge in [-0.05, 0) is 31.5 Å². The van der Waals surface area contributed by atoms with E-state index in [-0.39, 0.29) is 17.7 Å². The molecule has 0 spiro atoms.